The topological polar surface area (TPSA) is 18.5 Å². The first kappa shape index (κ1) is 8.42. The van der Waals surface area contributed by atoms with Gasteiger partial charge < -0.3 is 9.47 Å². The summed E-state index contributed by atoms with van der Waals surface area (Å²) >= 11 is 0. The lowest BCUT2D eigenvalue weighted by molar-refractivity contribution is 0.279. The van der Waals surface area contributed by atoms with Gasteiger partial charge in [-0.25, -0.2) is 0 Å². The Kier molecular flexibility index (Phi) is 1.72. The van der Waals surface area contributed by atoms with Crippen LogP contribution >= 0.6 is 0 Å². The molecule has 0 aromatic heterocycles. The van der Waals surface area contributed by atoms with Crippen LogP contribution in [0.25, 0.3) is 0 Å². The van der Waals surface area contributed by atoms with Crippen LogP contribution in [0, 0.1) is 0 Å². The maximum Gasteiger partial charge on any atom is 0.165 e. The number of ether oxygens (including phenoxy) is 2. The van der Waals surface area contributed by atoms with E-state index < -0.39 is 0 Å². The van der Waals surface area contributed by atoms with Gasteiger partial charge in [-0.2, -0.15) is 0 Å². The summed E-state index contributed by atoms with van der Waals surface area (Å²) in [5, 5.41) is 0. The summed E-state index contributed by atoms with van der Waals surface area (Å²) < 4.78 is 10.8. The second-order valence-electron chi connectivity index (χ2n) is 4.01. The molecule has 0 saturated heterocycles. The van der Waals surface area contributed by atoms with Crippen LogP contribution < -0.4 is 9.47 Å². The fraction of sp³-hybridized carbons (Fsp3) is 0.455. The molecule has 13 heavy (non-hydrogen) atoms. The van der Waals surface area contributed by atoms with Crippen molar-refractivity contribution < 1.29 is 9.47 Å². The smallest absolute Gasteiger partial charge is 0.165 e. The number of methoxy groups -OCH3 is 1. The minimum atomic E-state index is 0.115. The van der Waals surface area contributed by atoms with Crippen LogP contribution in [0.3, 0.4) is 0 Å². The fourth-order valence-corrected chi connectivity index (χ4v) is 1.69. The number of rotatable bonds is 1. The highest BCUT2D eigenvalue weighted by Gasteiger charge is 2.33. The zero-order valence-electron chi connectivity index (χ0n) is 8.26. The van der Waals surface area contributed by atoms with E-state index in [1.165, 1.54) is 5.56 Å². The van der Waals surface area contributed by atoms with Gasteiger partial charge in [0.2, 0.25) is 0 Å². The van der Waals surface area contributed by atoms with Gasteiger partial charge in [-0.1, -0.05) is 26.0 Å². The largest absolute Gasteiger partial charge is 0.493 e. The minimum absolute atomic E-state index is 0.115. The Hall–Kier alpha value is -1.18. The highest BCUT2D eigenvalue weighted by molar-refractivity contribution is 5.52. The van der Waals surface area contributed by atoms with Crippen LogP contribution in [0.15, 0.2) is 18.2 Å². The van der Waals surface area contributed by atoms with Crippen molar-refractivity contribution in [3.05, 3.63) is 23.8 Å². The summed E-state index contributed by atoms with van der Waals surface area (Å²) in [4.78, 5) is 0. The van der Waals surface area contributed by atoms with Gasteiger partial charge >= 0.3 is 0 Å². The molecular formula is C11H14O2. The predicted molar refractivity (Wildman–Crippen MR) is 51.5 cm³/mol. The zero-order valence-corrected chi connectivity index (χ0v) is 8.26. The first-order valence-corrected chi connectivity index (χ1v) is 4.45. The van der Waals surface area contributed by atoms with Crippen LogP contribution in [-0.2, 0) is 5.41 Å². The van der Waals surface area contributed by atoms with Crippen LogP contribution in [-0.4, -0.2) is 13.7 Å². The van der Waals surface area contributed by atoms with E-state index in [0.717, 1.165) is 18.1 Å². The van der Waals surface area contributed by atoms with Gasteiger partial charge in [-0.15, -0.1) is 0 Å². The van der Waals surface area contributed by atoms with E-state index in [1.54, 1.807) is 7.11 Å². The normalized spacial score (nSPS) is 17.8. The molecule has 2 heteroatoms. The molecule has 70 valence electrons. The Bertz CT molecular complexity index is 329. The number of benzene rings is 1. The molecule has 0 bridgehead atoms. The van der Waals surface area contributed by atoms with Gasteiger partial charge in [-0.3, -0.25) is 0 Å². The van der Waals surface area contributed by atoms with Crippen LogP contribution in [0.5, 0.6) is 11.5 Å². The van der Waals surface area contributed by atoms with Gasteiger partial charge in [0.25, 0.3) is 0 Å². The van der Waals surface area contributed by atoms with Gasteiger partial charge in [-0.05, 0) is 6.07 Å². The molecule has 0 unspecified atom stereocenters. The number of hydrogen-bond acceptors (Lipinski definition) is 2. The molecule has 1 aliphatic heterocycles. The van der Waals surface area contributed by atoms with Crippen molar-refractivity contribution in [3.63, 3.8) is 0 Å². The number of hydrogen-bond donors (Lipinski definition) is 0. The molecule has 0 spiro atoms. The molecule has 0 N–H and O–H groups in total. The summed E-state index contributed by atoms with van der Waals surface area (Å²) in [6.45, 7) is 5.10. The lowest BCUT2D eigenvalue weighted by Crippen LogP contribution is -2.18. The van der Waals surface area contributed by atoms with Crippen molar-refractivity contribution >= 4 is 0 Å². The Labute approximate surface area is 78.5 Å². The zero-order chi connectivity index (χ0) is 9.47. The van der Waals surface area contributed by atoms with E-state index in [-0.39, 0.29) is 5.41 Å². The molecule has 1 aromatic carbocycles. The van der Waals surface area contributed by atoms with Crippen molar-refractivity contribution in [2.45, 2.75) is 19.3 Å². The van der Waals surface area contributed by atoms with Crippen LogP contribution in [0.1, 0.15) is 19.4 Å². The van der Waals surface area contributed by atoms with Crippen molar-refractivity contribution in [3.8, 4) is 11.5 Å². The first-order chi connectivity index (χ1) is 6.15. The highest BCUT2D eigenvalue weighted by Crippen LogP contribution is 2.43. The lowest BCUT2D eigenvalue weighted by atomic mass is 9.87. The third-order valence-electron chi connectivity index (χ3n) is 2.51. The van der Waals surface area contributed by atoms with E-state index in [9.17, 15) is 0 Å². The molecule has 0 atom stereocenters. The first-order valence-electron chi connectivity index (χ1n) is 4.45. The molecule has 2 nitrogen and oxygen atoms in total. The fourth-order valence-electron chi connectivity index (χ4n) is 1.69. The quantitative estimate of drug-likeness (QED) is 0.657. The van der Waals surface area contributed by atoms with E-state index >= 15 is 0 Å². The standard InChI is InChI=1S/C11H14O2/c1-11(2)7-13-10-8(11)5-4-6-9(10)12-3/h4-6H,7H2,1-3H3. The molecule has 0 saturated carbocycles. The molecule has 0 aliphatic carbocycles. The average molecular weight is 178 g/mol. The summed E-state index contributed by atoms with van der Waals surface area (Å²) in [5.74, 6) is 1.75. The van der Waals surface area contributed by atoms with Crippen LogP contribution in [0.4, 0.5) is 0 Å². The van der Waals surface area contributed by atoms with Gasteiger partial charge in [0.15, 0.2) is 11.5 Å². The van der Waals surface area contributed by atoms with Gasteiger partial charge in [0, 0.05) is 11.0 Å². The highest BCUT2D eigenvalue weighted by atomic mass is 16.5. The average Bonchev–Trinajstić information content (AvgIpc) is 2.43. The summed E-state index contributed by atoms with van der Waals surface area (Å²) in [6.07, 6.45) is 0. The summed E-state index contributed by atoms with van der Waals surface area (Å²) in [6, 6.07) is 6.04. The summed E-state index contributed by atoms with van der Waals surface area (Å²) in [5.41, 5.74) is 1.36. The van der Waals surface area contributed by atoms with Crippen LogP contribution in [0.2, 0.25) is 0 Å². The van der Waals surface area contributed by atoms with Gasteiger partial charge in [0.1, 0.15) is 0 Å². The monoisotopic (exact) mass is 178 g/mol. The molecule has 1 aromatic rings. The third kappa shape index (κ3) is 1.17. The Morgan fingerprint density at radius 2 is 2.15 bits per heavy atom. The third-order valence-corrected chi connectivity index (χ3v) is 2.51. The number of para-hydroxylation sites is 1. The second kappa shape index (κ2) is 2.66. The lowest BCUT2D eigenvalue weighted by Gasteiger charge is -2.14. The van der Waals surface area contributed by atoms with Crippen molar-refractivity contribution in [2.24, 2.45) is 0 Å². The Morgan fingerprint density at radius 1 is 1.38 bits per heavy atom. The molecule has 0 fully saturated rings. The van der Waals surface area contributed by atoms with E-state index in [1.807, 2.05) is 12.1 Å². The second-order valence-corrected chi connectivity index (χ2v) is 4.01. The predicted octanol–water partition coefficient (Wildman–Crippen LogP) is 2.37. The molecule has 2 rings (SSSR count). The molecule has 0 radical (unpaired) electrons. The van der Waals surface area contributed by atoms with Crippen molar-refractivity contribution in [2.75, 3.05) is 13.7 Å². The maximum atomic E-state index is 5.61. The molecule has 1 heterocycles. The number of fused-ring (bicyclic) bond motifs is 1. The van der Waals surface area contributed by atoms with E-state index in [0.29, 0.717) is 0 Å². The molecule has 1 aliphatic rings. The van der Waals surface area contributed by atoms with Gasteiger partial charge in [0.05, 0.1) is 13.7 Å². The van der Waals surface area contributed by atoms with E-state index in [2.05, 4.69) is 19.9 Å². The van der Waals surface area contributed by atoms with E-state index in [4.69, 9.17) is 9.47 Å². The van der Waals surface area contributed by atoms with Crippen molar-refractivity contribution in [1.82, 2.24) is 0 Å². The molecule has 0 amide bonds. The van der Waals surface area contributed by atoms with Crippen molar-refractivity contribution in [1.29, 1.82) is 0 Å². The minimum Gasteiger partial charge on any atom is -0.493 e. The Morgan fingerprint density at radius 3 is 2.85 bits per heavy atom. The maximum absolute atomic E-state index is 5.61. The SMILES string of the molecule is COc1cccc2c1OCC2(C)C. The molecular weight excluding hydrogens is 164 g/mol. The summed E-state index contributed by atoms with van der Waals surface area (Å²) in [7, 11) is 1.67. The Balaban J connectivity index is 2.56.